The zero-order valence-electron chi connectivity index (χ0n) is 10.4. The van der Waals surface area contributed by atoms with Gasteiger partial charge in [-0.2, -0.15) is 0 Å². The lowest BCUT2D eigenvalue weighted by Gasteiger charge is -2.23. The highest BCUT2D eigenvalue weighted by Crippen LogP contribution is 2.31. The van der Waals surface area contributed by atoms with Gasteiger partial charge in [-0.3, -0.25) is 9.59 Å². The van der Waals surface area contributed by atoms with Crippen molar-refractivity contribution in [3.05, 3.63) is 23.8 Å². The van der Waals surface area contributed by atoms with Crippen molar-refractivity contribution < 1.29 is 19.1 Å². The molecule has 1 aliphatic heterocycles. The Hall–Kier alpha value is -2.04. The van der Waals surface area contributed by atoms with Crippen molar-refractivity contribution in [2.45, 2.75) is 18.9 Å². The van der Waals surface area contributed by atoms with Gasteiger partial charge in [0.25, 0.3) is 0 Å². The minimum atomic E-state index is -0.279. The van der Waals surface area contributed by atoms with Crippen LogP contribution in [0.3, 0.4) is 0 Å². The van der Waals surface area contributed by atoms with Crippen molar-refractivity contribution in [3.63, 3.8) is 0 Å². The number of ether oxygens (including phenoxy) is 2. The van der Waals surface area contributed by atoms with Crippen LogP contribution in [0.15, 0.2) is 18.2 Å². The Morgan fingerprint density at radius 3 is 2.50 bits per heavy atom. The van der Waals surface area contributed by atoms with Gasteiger partial charge in [0.1, 0.15) is 5.78 Å². The number of carbonyl (C=O) groups is 2. The Labute approximate surface area is 105 Å². The van der Waals surface area contributed by atoms with Crippen molar-refractivity contribution >= 4 is 11.7 Å². The Morgan fingerprint density at radius 1 is 1.17 bits per heavy atom. The van der Waals surface area contributed by atoms with Gasteiger partial charge in [0.2, 0.25) is 5.91 Å². The van der Waals surface area contributed by atoms with Gasteiger partial charge in [-0.05, 0) is 17.7 Å². The highest BCUT2D eigenvalue weighted by molar-refractivity contribution is 6.00. The molecule has 1 aromatic carbocycles. The molecular formula is C13H15NO4. The largest absolute Gasteiger partial charge is 0.493 e. The highest BCUT2D eigenvalue weighted by Gasteiger charge is 2.26. The fraction of sp³-hybridized carbons (Fsp3) is 0.385. The molecule has 1 amide bonds. The van der Waals surface area contributed by atoms with E-state index < -0.39 is 0 Å². The number of benzene rings is 1. The van der Waals surface area contributed by atoms with Crippen LogP contribution in [0.5, 0.6) is 11.5 Å². The van der Waals surface area contributed by atoms with Crippen LogP contribution < -0.4 is 14.8 Å². The molecule has 0 spiro atoms. The molecule has 1 unspecified atom stereocenters. The number of hydrogen-bond donors (Lipinski definition) is 1. The lowest BCUT2D eigenvalue weighted by Crippen LogP contribution is -2.36. The third-order valence-electron chi connectivity index (χ3n) is 2.93. The minimum absolute atomic E-state index is 0.0240. The summed E-state index contributed by atoms with van der Waals surface area (Å²) >= 11 is 0. The summed E-state index contributed by atoms with van der Waals surface area (Å²) in [4.78, 5) is 22.8. The first-order valence-electron chi connectivity index (χ1n) is 5.67. The number of hydrogen-bond acceptors (Lipinski definition) is 4. The molecule has 1 saturated heterocycles. The topological polar surface area (TPSA) is 64.6 Å². The Bertz CT molecular complexity index is 468. The van der Waals surface area contributed by atoms with E-state index in [4.69, 9.17) is 9.47 Å². The molecule has 0 saturated carbocycles. The fourth-order valence-corrected chi connectivity index (χ4v) is 2.05. The van der Waals surface area contributed by atoms with Crippen LogP contribution in [0, 0.1) is 0 Å². The van der Waals surface area contributed by atoms with Crippen LogP contribution in [0.25, 0.3) is 0 Å². The highest BCUT2D eigenvalue weighted by atomic mass is 16.5. The third kappa shape index (κ3) is 2.45. The average molecular weight is 249 g/mol. The molecule has 0 radical (unpaired) electrons. The van der Waals surface area contributed by atoms with E-state index >= 15 is 0 Å². The second-order valence-electron chi connectivity index (χ2n) is 4.15. The molecule has 18 heavy (non-hydrogen) atoms. The van der Waals surface area contributed by atoms with E-state index in [1.54, 1.807) is 26.4 Å². The fourth-order valence-electron chi connectivity index (χ4n) is 2.05. The summed E-state index contributed by atoms with van der Waals surface area (Å²) in [6.45, 7) is 0. The van der Waals surface area contributed by atoms with E-state index in [9.17, 15) is 9.59 Å². The number of carbonyl (C=O) groups excluding carboxylic acids is 2. The maximum atomic E-state index is 11.4. The SMILES string of the molecule is COc1ccc(C2CC(=O)CC(=O)N2)cc1OC. The third-order valence-corrected chi connectivity index (χ3v) is 2.93. The Kier molecular flexibility index (Phi) is 3.50. The van der Waals surface area contributed by atoms with Crippen LogP contribution in [0.1, 0.15) is 24.4 Å². The maximum Gasteiger partial charge on any atom is 0.227 e. The summed E-state index contributed by atoms with van der Waals surface area (Å²) in [5.74, 6) is 0.932. The number of rotatable bonds is 3. The Balaban J connectivity index is 2.27. The predicted octanol–water partition coefficient (Wildman–Crippen LogP) is 1.22. The first kappa shape index (κ1) is 12.4. The molecule has 2 rings (SSSR count). The average Bonchev–Trinajstić information content (AvgIpc) is 2.36. The van der Waals surface area contributed by atoms with Crippen molar-refractivity contribution in [2.24, 2.45) is 0 Å². The second kappa shape index (κ2) is 5.08. The molecule has 0 bridgehead atoms. The van der Waals surface area contributed by atoms with Gasteiger partial charge >= 0.3 is 0 Å². The Morgan fingerprint density at radius 2 is 1.89 bits per heavy atom. The molecule has 5 nitrogen and oxygen atoms in total. The van der Waals surface area contributed by atoms with Crippen LogP contribution >= 0.6 is 0 Å². The summed E-state index contributed by atoms with van der Waals surface area (Å²) < 4.78 is 10.3. The smallest absolute Gasteiger partial charge is 0.227 e. The first-order valence-corrected chi connectivity index (χ1v) is 5.67. The summed E-state index contributed by atoms with van der Waals surface area (Å²) in [6.07, 6.45) is 0.297. The first-order chi connectivity index (χ1) is 8.63. The van der Waals surface area contributed by atoms with Crippen molar-refractivity contribution in [2.75, 3.05) is 14.2 Å². The van der Waals surface area contributed by atoms with Gasteiger partial charge in [0, 0.05) is 6.42 Å². The zero-order valence-corrected chi connectivity index (χ0v) is 10.4. The molecular weight excluding hydrogens is 234 g/mol. The molecule has 1 N–H and O–H groups in total. The van der Waals surface area contributed by atoms with Gasteiger partial charge in [-0.15, -0.1) is 0 Å². The van der Waals surface area contributed by atoms with Crippen LogP contribution in [0.2, 0.25) is 0 Å². The van der Waals surface area contributed by atoms with E-state index in [2.05, 4.69) is 5.32 Å². The normalized spacial score (nSPS) is 19.3. The van der Waals surface area contributed by atoms with Gasteiger partial charge in [-0.1, -0.05) is 6.07 Å². The number of methoxy groups -OCH3 is 2. The molecule has 0 aromatic heterocycles. The van der Waals surface area contributed by atoms with Crippen LogP contribution in [0.4, 0.5) is 0 Å². The lowest BCUT2D eigenvalue weighted by atomic mass is 9.96. The maximum absolute atomic E-state index is 11.4. The van der Waals surface area contributed by atoms with Crippen molar-refractivity contribution in [3.8, 4) is 11.5 Å². The van der Waals surface area contributed by atoms with Gasteiger partial charge < -0.3 is 14.8 Å². The molecule has 5 heteroatoms. The van der Waals surface area contributed by atoms with Crippen LogP contribution in [-0.2, 0) is 9.59 Å². The molecule has 0 aliphatic carbocycles. The number of nitrogens with one attached hydrogen (secondary N) is 1. The van der Waals surface area contributed by atoms with Crippen LogP contribution in [-0.4, -0.2) is 25.9 Å². The van der Waals surface area contributed by atoms with Crippen molar-refractivity contribution in [1.29, 1.82) is 0 Å². The van der Waals surface area contributed by atoms with E-state index in [-0.39, 0.29) is 24.2 Å². The minimum Gasteiger partial charge on any atom is -0.493 e. The summed E-state index contributed by atoms with van der Waals surface area (Å²) in [7, 11) is 3.11. The predicted molar refractivity (Wildman–Crippen MR) is 64.7 cm³/mol. The van der Waals surface area contributed by atoms with E-state index in [0.717, 1.165) is 5.56 Å². The number of Topliss-reactive ketones (excluding diaryl/α,β-unsaturated/α-hetero) is 1. The molecule has 1 aromatic rings. The molecule has 1 atom stereocenters. The van der Waals surface area contributed by atoms with Gasteiger partial charge in [0.15, 0.2) is 11.5 Å². The van der Waals surface area contributed by atoms with Gasteiger partial charge in [-0.25, -0.2) is 0 Å². The molecule has 1 heterocycles. The number of piperidine rings is 1. The molecule has 1 aliphatic rings. The van der Waals surface area contributed by atoms with E-state index in [1.807, 2.05) is 6.07 Å². The summed E-state index contributed by atoms with van der Waals surface area (Å²) in [5, 5.41) is 2.80. The van der Waals surface area contributed by atoms with Gasteiger partial charge in [0.05, 0.1) is 26.7 Å². The summed E-state index contributed by atoms with van der Waals surface area (Å²) in [5.41, 5.74) is 0.842. The lowest BCUT2D eigenvalue weighted by molar-refractivity contribution is -0.132. The van der Waals surface area contributed by atoms with E-state index in [0.29, 0.717) is 17.9 Å². The summed E-state index contributed by atoms with van der Waals surface area (Å²) in [6, 6.07) is 5.09. The quantitative estimate of drug-likeness (QED) is 0.818. The standard InChI is InChI=1S/C13H15NO4/c1-17-11-4-3-8(5-12(11)18-2)10-6-9(15)7-13(16)14-10/h3-5,10H,6-7H2,1-2H3,(H,14,16). The zero-order chi connectivity index (χ0) is 13.1. The molecule has 1 fully saturated rings. The van der Waals surface area contributed by atoms with E-state index in [1.165, 1.54) is 0 Å². The van der Waals surface area contributed by atoms with Crippen molar-refractivity contribution in [1.82, 2.24) is 5.32 Å². The second-order valence-corrected chi connectivity index (χ2v) is 4.15. The number of ketones is 1. The molecule has 96 valence electrons. The number of amides is 1. The monoisotopic (exact) mass is 249 g/mol.